The smallest absolute Gasteiger partial charge is 0.137 e. The molecule has 8 aromatic rings. The molecule has 0 saturated carbocycles. The van der Waals surface area contributed by atoms with Gasteiger partial charge in [-0.1, -0.05) is 72.8 Å². The van der Waals surface area contributed by atoms with Crippen LogP contribution in [0.4, 0.5) is 0 Å². The van der Waals surface area contributed by atoms with Gasteiger partial charge >= 0.3 is 0 Å². The molecule has 0 amide bonds. The van der Waals surface area contributed by atoms with E-state index in [2.05, 4.69) is 120 Å². The first-order valence-corrected chi connectivity index (χ1v) is 11.6. The van der Waals surface area contributed by atoms with E-state index >= 15 is 0 Å². The van der Waals surface area contributed by atoms with E-state index in [1.165, 1.54) is 37.8 Å². The predicted molar refractivity (Wildman–Crippen MR) is 143 cm³/mol. The Kier molecular flexibility index (Phi) is 3.42. The maximum absolute atomic E-state index is 6.41. The normalized spacial score (nSPS) is 12.1. The van der Waals surface area contributed by atoms with Crippen molar-refractivity contribution in [3.05, 3.63) is 115 Å². The zero-order valence-corrected chi connectivity index (χ0v) is 18.3. The summed E-state index contributed by atoms with van der Waals surface area (Å²) in [7, 11) is 0. The summed E-state index contributed by atoms with van der Waals surface area (Å²) in [5, 5.41) is 9.74. The number of aromatic nitrogens is 1. The molecule has 0 radical (unpaired) electrons. The summed E-state index contributed by atoms with van der Waals surface area (Å²) in [4.78, 5) is 0. The van der Waals surface area contributed by atoms with Crippen molar-refractivity contribution in [2.24, 2.45) is 0 Å². The molecule has 2 heterocycles. The fourth-order valence-corrected chi connectivity index (χ4v) is 5.52. The van der Waals surface area contributed by atoms with Crippen LogP contribution < -0.4 is 0 Å². The monoisotopic (exact) mass is 433 g/mol. The molecule has 2 heteroatoms. The molecule has 0 aliphatic rings. The van der Waals surface area contributed by atoms with Crippen molar-refractivity contribution in [3.63, 3.8) is 0 Å². The van der Waals surface area contributed by atoms with Crippen molar-refractivity contribution in [2.75, 3.05) is 0 Å². The van der Waals surface area contributed by atoms with Crippen molar-refractivity contribution >= 4 is 65.3 Å². The topological polar surface area (TPSA) is 18.1 Å². The number of nitrogens with zero attached hydrogens (tertiary/aromatic N) is 1. The lowest BCUT2D eigenvalue weighted by Gasteiger charge is -2.09. The molecule has 0 unspecified atom stereocenters. The summed E-state index contributed by atoms with van der Waals surface area (Å²) in [5.41, 5.74) is 5.37. The first-order valence-electron chi connectivity index (χ1n) is 11.6. The van der Waals surface area contributed by atoms with Crippen molar-refractivity contribution in [2.45, 2.75) is 0 Å². The summed E-state index contributed by atoms with van der Waals surface area (Å²) in [6.45, 7) is 0. The number of rotatable bonds is 1. The van der Waals surface area contributed by atoms with Gasteiger partial charge in [-0.25, -0.2) is 0 Å². The maximum Gasteiger partial charge on any atom is 0.137 e. The van der Waals surface area contributed by atoms with Gasteiger partial charge < -0.3 is 8.98 Å². The largest absolute Gasteiger partial charge is 0.456 e. The van der Waals surface area contributed by atoms with Gasteiger partial charge in [-0.3, -0.25) is 0 Å². The Morgan fingerprint density at radius 2 is 1.06 bits per heavy atom. The van der Waals surface area contributed by atoms with Gasteiger partial charge in [-0.2, -0.15) is 0 Å². The predicted octanol–water partition coefficient (Wildman–Crippen LogP) is 8.99. The second-order valence-electron chi connectivity index (χ2n) is 9.05. The second-order valence-corrected chi connectivity index (χ2v) is 9.05. The van der Waals surface area contributed by atoms with Crippen LogP contribution in [0.25, 0.3) is 71.0 Å². The zero-order chi connectivity index (χ0) is 22.2. The average molecular weight is 434 g/mol. The van der Waals surface area contributed by atoms with Gasteiger partial charge in [0.25, 0.3) is 0 Å². The standard InChI is InChI=1S/C32H19NO/c1-2-8-21-15-24(14-13-20(21)7-1)33-29-12-6-5-11-25(29)26-18-28-27-16-22-9-3-4-10-23(22)17-31(27)34-32(28)19-30(26)33/h1-19H. The number of benzene rings is 6. The Balaban J connectivity index is 1.51. The van der Waals surface area contributed by atoms with E-state index in [9.17, 15) is 0 Å². The van der Waals surface area contributed by atoms with E-state index in [1.807, 2.05) is 0 Å². The Morgan fingerprint density at radius 3 is 1.91 bits per heavy atom. The molecule has 0 aliphatic heterocycles. The zero-order valence-electron chi connectivity index (χ0n) is 18.3. The quantitative estimate of drug-likeness (QED) is 0.253. The van der Waals surface area contributed by atoms with E-state index in [-0.39, 0.29) is 0 Å². The minimum absolute atomic E-state index is 0.919. The summed E-state index contributed by atoms with van der Waals surface area (Å²) < 4.78 is 8.77. The lowest BCUT2D eigenvalue weighted by Crippen LogP contribution is -1.93. The molecule has 2 aromatic heterocycles. The lowest BCUT2D eigenvalue weighted by atomic mass is 10.0. The fourth-order valence-electron chi connectivity index (χ4n) is 5.52. The summed E-state index contributed by atoms with van der Waals surface area (Å²) in [6.07, 6.45) is 0. The van der Waals surface area contributed by atoms with Gasteiger partial charge in [0, 0.05) is 33.3 Å². The Morgan fingerprint density at radius 1 is 0.412 bits per heavy atom. The molecule has 8 rings (SSSR count). The van der Waals surface area contributed by atoms with Crippen LogP contribution in [-0.4, -0.2) is 4.57 Å². The van der Waals surface area contributed by atoms with E-state index < -0.39 is 0 Å². The van der Waals surface area contributed by atoms with Gasteiger partial charge in [0.15, 0.2) is 0 Å². The number of fused-ring (bicyclic) bond motifs is 8. The van der Waals surface area contributed by atoms with Crippen LogP contribution in [0.5, 0.6) is 0 Å². The molecule has 0 N–H and O–H groups in total. The highest BCUT2D eigenvalue weighted by Gasteiger charge is 2.16. The number of hydrogen-bond acceptors (Lipinski definition) is 1. The maximum atomic E-state index is 6.41. The highest BCUT2D eigenvalue weighted by molar-refractivity contribution is 6.18. The molecule has 0 saturated heterocycles. The molecule has 0 fully saturated rings. The van der Waals surface area contributed by atoms with Gasteiger partial charge in [-0.05, 0) is 57.9 Å². The number of para-hydroxylation sites is 1. The third kappa shape index (κ3) is 2.40. The molecule has 2 nitrogen and oxygen atoms in total. The van der Waals surface area contributed by atoms with Crippen LogP contribution in [0.15, 0.2) is 120 Å². The molecule has 0 bridgehead atoms. The van der Waals surface area contributed by atoms with E-state index in [0.717, 1.165) is 33.1 Å². The third-order valence-electron chi connectivity index (χ3n) is 7.12. The molecule has 0 spiro atoms. The Bertz CT molecular complexity index is 2070. The van der Waals surface area contributed by atoms with Crippen LogP contribution in [0.1, 0.15) is 0 Å². The summed E-state index contributed by atoms with van der Waals surface area (Å²) >= 11 is 0. The van der Waals surface area contributed by atoms with Gasteiger partial charge in [0.2, 0.25) is 0 Å². The van der Waals surface area contributed by atoms with Crippen LogP contribution >= 0.6 is 0 Å². The Labute approximate surface area is 195 Å². The molecule has 158 valence electrons. The summed E-state index contributed by atoms with van der Waals surface area (Å²) in [6, 6.07) is 41.3. The van der Waals surface area contributed by atoms with Crippen LogP contribution in [0, 0.1) is 0 Å². The van der Waals surface area contributed by atoms with Crippen molar-refractivity contribution < 1.29 is 4.42 Å². The Hall–Kier alpha value is -4.56. The first-order chi connectivity index (χ1) is 16.8. The van der Waals surface area contributed by atoms with Crippen LogP contribution in [0.3, 0.4) is 0 Å². The molecule has 34 heavy (non-hydrogen) atoms. The van der Waals surface area contributed by atoms with Crippen molar-refractivity contribution in [1.29, 1.82) is 0 Å². The highest BCUT2D eigenvalue weighted by atomic mass is 16.3. The van der Waals surface area contributed by atoms with E-state index in [4.69, 9.17) is 4.42 Å². The minimum Gasteiger partial charge on any atom is -0.456 e. The van der Waals surface area contributed by atoms with E-state index in [1.54, 1.807) is 0 Å². The van der Waals surface area contributed by atoms with Crippen molar-refractivity contribution in [1.82, 2.24) is 4.57 Å². The number of furan rings is 1. The molecular formula is C32H19NO. The number of hydrogen-bond donors (Lipinski definition) is 0. The minimum atomic E-state index is 0.919. The molecule has 0 atom stereocenters. The summed E-state index contributed by atoms with van der Waals surface area (Å²) in [5.74, 6) is 0. The lowest BCUT2D eigenvalue weighted by molar-refractivity contribution is 0.670. The second kappa shape index (κ2) is 6.49. The van der Waals surface area contributed by atoms with Crippen molar-refractivity contribution in [3.8, 4) is 5.69 Å². The average Bonchev–Trinajstić information content (AvgIpc) is 3.40. The molecular weight excluding hydrogens is 414 g/mol. The van der Waals surface area contributed by atoms with Gasteiger partial charge in [0.1, 0.15) is 11.2 Å². The van der Waals surface area contributed by atoms with E-state index in [0.29, 0.717) is 0 Å². The SMILES string of the molecule is c1ccc2cc(-n3c4ccccc4c4cc5c(cc43)oc3cc4ccccc4cc35)ccc2c1. The van der Waals surface area contributed by atoms with Gasteiger partial charge in [0.05, 0.1) is 11.0 Å². The fraction of sp³-hybridized carbons (Fsp3) is 0. The highest BCUT2D eigenvalue weighted by Crippen LogP contribution is 2.39. The van der Waals surface area contributed by atoms with Gasteiger partial charge in [-0.15, -0.1) is 0 Å². The molecule has 6 aromatic carbocycles. The third-order valence-corrected chi connectivity index (χ3v) is 7.12. The van der Waals surface area contributed by atoms with Crippen LogP contribution in [0.2, 0.25) is 0 Å². The molecule has 0 aliphatic carbocycles. The van der Waals surface area contributed by atoms with Crippen LogP contribution in [-0.2, 0) is 0 Å². The first kappa shape index (κ1) is 17.9.